The molecule has 0 spiro atoms. The van der Waals surface area contributed by atoms with Gasteiger partial charge in [-0.3, -0.25) is 4.79 Å². The molecular formula is C19H30N4O4S. The van der Waals surface area contributed by atoms with Crippen LogP contribution in [0.1, 0.15) is 37.7 Å². The second kappa shape index (κ2) is 9.38. The zero-order valence-corrected chi connectivity index (χ0v) is 17.8. The van der Waals surface area contributed by atoms with Gasteiger partial charge in [-0.25, -0.2) is 17.9 Å². The zero-order valence-electron chi connectivity index (χ0n) is 17.0. The van der Waals surface area contributed by atoms with E-state index >= 15 is 0 Å². The van der Waals surface area contributed by atoms with Crippen LogP contribution in [0, 0.1) is 6.92 Å². The predicted octanol–water partition coefficient (Wildman–Crippen LogP) is 2.16. The first kappa shape index (κ1) is 22.2. The van der Waals surface area contributed by atoms with Gasteiger partial charge in [-0.05, 0) is 44.5 Å². The van der Waals surface area contributed by atoms with Crippen LogP contribution in [0.2, 0.25) is 0 Å². The molecule has 1 aliphatic rings. The van der Waals surface area contributed by atoms with Gasteiger partial charge in [0.05, 0.1) is 4.90 Å². The molecule has 0 radical (unpaired) electrons. The average molecular weight is 411 g/mol. The maximum atomic E-state index is 12.5. The molecule has 156 valence electrons. The number of benzene rings is 1. The third-order valence-corrected chi connectivity index (χ3v) is 6.79. The maximum absolute atomic E-state index is 12.5. The number of hydrogen-bond donors (Lipinski definition) is 2. The first-order valence-electron chi connectivity index (χ1n) is 9.47. The van der Waals surface area contributed by atoms with Gasteiger partial charge in [0.15, 0.2) is 0 Å². The van der Waals surface area contributed by atoms with Crippen molar-refractivity contribution in [1.82, 2.24) is 14.5 Å². The van der Waals surface area contributed by atoms with Crippen molar-refractivity contribution in [2.24, 2.45) is 0 Å². The van der Waals surface area contributed by atoms with E-state index in [4.69, 9.17) is 0 Å². The van der Waals surface area contributed by atoms with Crippen LogP contribution in [-0.2, 0) is 14.8 Å². The number of carbonyl (C=O) groups excluding carboxylic acids is 2. The van der Waals surface area contributed by atoms with Crippen molar-refractivity contribution in [2.45, 2.75) is 50.0 Å². The Hall–Kier alpha value is -2.13. The van der Waals surface area contributed by atoms with Crippen LogP contribution in [0.4, 0.5) is 10.5 Å². The van der Waals surface area contributed by atoms with Crippen molar-refractivity contribution >= 4 is 27.6 Å². The number of urea groups is 1. The fraction of sp³-hybridized carbons (Fsp3) is 0.579. The Balaban J connectivity index is 2.00. The Morgan fingerprint density at radius 1 is 1.14 bits per heavy atom. The van der Waals surface area contributed by atoms with Crippen molar-refractivity contribution in [2.75, 3.05) is 33.0 Å². The molecule has 1 aromatic carbocycles. The Morgan fingerprint density at radius 3 is 2.39 bits per heavy atom. The minimum atomic E-state index is -3.63. The highest BCUT2D eigenvalue weighted by molar-refractivity contribution is 7.89. The summed E-state index contributed by atoms with van der Waals surface area (Å²) in [5, 5.41) is 2.65. The molecule has 2 N–H and O–H groups in total. The summed E-state index contributed by atoms with van der Waals surface area (Å²) in [6, 6.07) is 4.43. The Labute approximate surface area is 167 Å². The smallest absolute Gasteiger partial charge is 0.322 e. The third-order valence-electron chi connectivity index (χ3n) is 5.23. The summed E-state index contributed by atoms with van der Waals surface area (Å²) in [7, 11) is 1.04. The number of nitrogens with zero attached hydrogens (tertiary/aromatic N) is 2. The van der Waals surface area contributed by atoms with Gasteiger partial charge < -0.3 is 15.1 Å². The minimum Gasteiger partial charge on any atom is -0.341 e. The second-order valence-corrected chi connectivity index (χ2v) is 9.13. The summed E-state index contributed by atoms with van der Waals surface area (Å²) in [5.41, 5.74) is 0.925. The highest BCUT2D eigenvalue weighted by Gasteiger charge is 2.24. The fourth-order valence-corrected chi connectivity index (χ4v) is 4.35. The van der Waals surface area contributed by atoms with Crippen molar-refractivity contribution < 1.29 is 18.0 Å². The molecule has 0 bridgehead atoms. The van der Waals surface area contributed by atoms with Crippen LogP contribution < -0.4 is 10.0 Å². The van der Waals surface area contributed by atoms with Gasteiger partial charge in [0.2, 0.25) is 15.9 Å². The highest BCUT2D eigenvalue weighted by Crippen LogP contribution is 2.22. The normalized spacial score (nSPS) is 15.1. The first-order chi connectivity index (χ1) is 13.2. The summed E-state index contributed by atoms with van der Waals surface area (Å²) >= 11 is 0. The Kier molecular flexibility index (Phi) is 7.42. The molecule has 1 aromatic rings. The molecule has 28 heavy (non-hydrogen) atoms. The van der Waals surface area contributed by atoms with Crippen molar-refractivity contribution in [3.8, 4) is 0 Å². The summed E-state index contributed by atoms with van der Waals surface area (Å²) in [6.45, 7) is 1.65. The number of rotatable bonds is 6. The number of anilines is 1. The number of nitrogens with one attached hydrogen (secondary N) is 2. The number of sulfonamides is 1. The van der Waals surface area contributed by atoms with Crippen molar-refractivity contribution in [3.63, 3.8) is 0 Å². The molecule has 0 aromatic heterocycles. The van der Waals surface area contributed by atoms with E-state index in [0.717, 1.165) is 25.7 Å². The fourth-order valence-electron chi connectivity index (χ4n) is 3.35. The SMILES string of the molecule is CNS(=O)(=O)c1cc(NC(=O)N(C)CC(=O)N(C)C2CCCCC2)ccc1C. The van der Waals surface area contributed by atoms with Crippen LogP contribution in [0.15, 0.2) is 23.1 Å². The number of amides is 3. The van der Waals surface area contributed by atoms with Crippen molar-refractivity contribution in [1.29, 1.82) is 0 Å². The molecule has 0 atom stereocenters. The largest absolute Gasteiger partial charge is 0.341 e. The van der Waals surface area contributed by atoms with Gasteiger partial charge in [-0.1, -0.05) is 25.3 Å². The monoisotopic (exact) mass is 410 g/mol. The van der Waals surface area contributed by atoms with Crippen LogP contribution in [0.5, 0.6) is 0 Å². The second-order valence-electron chi connectivity index (χ2n) is 7.27. The van der Waals surface area contributed by atoms with E-state index in [2.05, 4.69) is 10.0 Å². The lowest BCUT2D eigenvalue weighted by Gasteiger charge is -2.32. The lowest BCUT2D eigenvalue weighted by atomic mass is 9.94. The molecule has 1 fully saturated rings. The molecule has 1 saturated carbocycles. The molecule has 0 saturated heterocycles. The molecule has 1 aliphatic carbocycles. The zero-order chi connectivity index (χ0) is 20.9. The van der Waals surface area contributed by atoms with E-state index in [-0.39, 0.29) is 23.4 Å². The van der Waals surface area contributed by atoms with Crippen molar-refractivity contribution in [3.05, 3.63) is 23.8 Å². The molecule has 2 rings (SSSR count). The Bertz CT molecular complexity index is 819. The van der Waals surface area contributed by atoms with Crippen LogP contribution >= 0.6 is 0 Å². The third kappa shape index (κ3) is 5.45. The molecule has 3 amide bonds. The standard InChI is InChI=1S/C19H30N4O4S/c1-14-10-11-15(12-17(14)28(26,27)20-2)21-19(25)22(3)13-18(24)23(4)16-8-6-5-7-9-16/h10-12,16,20H,5-9,13H2,1-4H3,(H,21,25). The van der Waals surface area contributed by atoms with Crippen LogP contribution in [0.3, 0.4) is 0 Å². The van der Waals surface area contributed by atoms with Gasteiger partial charge in [-0.15, -0.1) is 0 Å². The van der Waals surface area contributed by atoms with E-state index in [0.29, 0.717) is 11.3 Å². The van der Waals surface area contributed by atoms with E-state index < -0.39 is 16.1 Å². The van der Waals surface area contributed by atoms with Gasteiger partial charge in [0.1, 0.15) is 6.54 Å². The quantitative estimate of drug-likeness (QED) is 0.751. The molecular weight excluding hydrogens is 380 g/mol. The lowest BCUT2D eigenvalue weighted by molar-refractivity contribution is -0.132. The number of aryl methyl sites for hydroxylation is 1. The van der Waals surface area contributed by atoms with E-state index in [1.807, 2.05) is 0 Å². The predicted molar refractivity (Wildman–Crippen MR) is 109 cm³/mol. The van der Waals surface area contributed by atoms with Crippen LogP contribution in [-0.4, -0.2) is 63.9 Å². The van der Waals surface area contributed by atoms with Gasteiger partial charge in [0, 0.05) is 25.8 Å². The minimum absolute atomic E-state index is 0.0354. The molecule has 0 heterocycles. The maximum Gasteiger partial charge on any atom is 0.322 e. The summed E-state index contributed by atoms with van der Waals surface area (Å²) < 4.78 is 26.4. The van der Waals surface area contributed by atoms with E-state index in [1.165, 1.54) is 24.4 Å². The number of likely N-dealkylation sites (N-methyl/N-ethyl adjacent to an activating group) is 2. The molecule has 8 nitrogen and oxygen atoms in total. The highest BCUT2D eigenvalue weighted by atomic mass is 32.2. The summed E-state index contributed by atoms with van der Waals surface area (Å²) in [6.07, 6.45) is 5.48. The van der Waals surface area contributed by atoms with Gasteiger partial charge >= 0.3 is 6.03 Å². The Morgan fingerprint density at radius 2 is 1.79 bits per heavy atom. The van der Waals surface area contributed by atoms with Gasteiger partial charge in [0.25, 0.3) is 0 Å². The summed E-state index contributed by atoms with van der Waals surface area (Å²) in [5.74, 6) is -0.105. The first-order valence-corrected chi connectivity index (χ1v) is 11.0. The topological polar surface area (TPSA) is 98.8 Å². The average Bonchev–Trinajstić information content (AvgIpc) is 2.69. The molecule has 0 aliphatic heterocycles. The van der Waals surface area contributed by atoms with Gasteiger partial charge in [-0.2, -0.15) is 0 Å². The van der Waals surface area contributed by atoms with E-state index in [9.17, 15) is 18.0 Å². The van der Waals surface area contributed by atoms with E-state index in [1.54, 1.807) is 38.1 Å². The molecule has 0 unspecified atom stereocenters. The summed E-state index contributed by atoms with van der Waals surface area (Å²) in [4.78, 5) is 28.1. The molecule has 9 heteroatoms. The number of hydrogen-bond acceptors (Lipinski definition) is 4. The number of carbonyl (C=O) groups is 2. The van der Waals surface area contributed by atoms with Crippen LogP contribution in [0.25, 0.3) is 0 Å². The lowest BCUT2D eigenvalue weighted by Crippen LogP contribution is -2.45.